The van der Waals surface area contributed by atoms with Crippen molar-refractivity contribution in [3.05, 3.63) is 52.0 Å². The molecule has 0 heterocycles. The summed E-state index contributed by atoms with van der Waals surface area (Å²) < 4.78 is 1.06. The molecule has 5 rings (SSSR count). The van der Waals surface area contributed by atoms with E-state index in [1.807, 2.05) is 36.4 Å². The van der Waals surface area contributed by atoms with Crippen molar-refractivity contribution in [1.29, 1.82) is 0 Å². The SMILES string of the molecule is C[C@]12CCC3C(CC=C4C[C@@H](O)CC[C@@]43C)C1CCC2C(=O)/C=C/c1ccc(Br)cc1. The van der Waals surface area contributed by atoms with Crippen LogP contribution in [0.1, 0.15) is 70.8 Å². The van der Waals surface area contributed by atoms with Gasteiger partial charge in [0, 0.05) is 10.4 Å². The average Bonchev–Trinajstić information content (AvgIpc) is 3.11. The van der Waals surface area contributed by atoms with E-state index in [1.54, 1.807) is 0 Å². The third-order valence-electron chi connectivity index (χ3n) is 9.73. The van der Waals surface area contributed by atoms with Crippen molar-refractivity contribution >= 4 is 27.8 Å². The number of aliphatic hydroxyl groups excluding tert-OH is 1. The lowest BCUT2D eigenvalue weighted by Gasteiger charge is -2.57. The first-order valence-corrected chi connectivity index (χ1v) is 13.0. The van der Waals surface area contributed by atoms with E-state index in [0.29, 0.717) is 17.6 Å². The Morgan fingerprint density at radius 3 is 2.61 bits per heavy atom. The van der Waals surface area contributed by atoms with Crippen LogP contribution < -0.4 is 0 Å². The molecule has 4 unspecified atom stereocenters. The minimum atomic E-state index is -0.143. The number of benzene rings is 1. The van der Waals surface area contributed by atoms with E-state index < -0.39 is 0 Å². The number of aliphatic hydroxyl groups is 1. The second kappa shape index (κ2) is 7.99. The van der Waals surface area contributed by atoms with Crippen LogP contribution in [-0.4, -0.2) is 17.0 Å². The highest BCUT2D eigenvalue weighted by atomic mass is 79.9. The van der Waals surface area contributed by atoms with Gasteiger partial charge >= 0.3 is 0 Å². The molecule has 31 heavy (non-hydrogen) atoms. The molecular weight excluding hydrogens is 448 g/mol. The van der Waals surface area contributed by atoms with Crippen LogP contribution >= 0.6 is 15.9 Å². The van der Waals surface area contributed by atoms with Gasteiger partial charge in [0.1, 0.15) is 0 Å². The number of hydrogen-bond acceptors (Lipinski definition) is 2. The van der Waals surface area contributed by atoms with E-state index in [2.05, 4.69) is 35.9 Å². The number of carbonyl (C=O) groups is 1. The van der Waals surface area contributed by atoms with Gasteiger partial charge in [-0.1, -0.05) is 59.6 Å². The topological polar surface area (TPSA) is 37.3 Å². The van der Waals surface area contributed by atoms with E-state index in [4.69, 9.17) is 0 Å². The van der Waals surface area contributed by atoms with Gasteiger partial charge in [-0.25, -0.2) is 0 Å². The lowest BCUT2D eigenvalue weighted by Crippen LogP contribution is -2.50. The molecule has 0 saturated heterocycles. The van der Waals surface area contributed by atoms with Crippen LogP contribution in [-0.2, 0) is 4.79 Å². The van der Waals surface area contributed by atoms with E-state index in [9.17, 15) is 9.90 Å². The second-order valence-corrected chi connectivity index (χ2v) is 12.0. The van der Waals surface area contributed by atoms with Crippen molar-refractivity contribution in [3.8, 4) is 0 Å². The van der Waals surface area contributed by atoms with Gasteiger partial charge in [0.15, 0.2) is 5.78 Å². The Morgan fingerprint density at radius 2 is 1.84 bits per heavy atom. The average molecular weight is 483 g/mol. The van der Waals surface area contributed by atoms with Gasteiger partial charge in [0.25, 0.3) is 0 Å². The molecule has 4 aliphatic carbocycles. The van der Waals surface area contributed by atoms with Crippen molar-refractivity contribution in [1.82, 2.24) is 0 Å². The molecule has 0 radical (unpaired) electrons. The van der Waals surface area contributed by atoms with Crippen LogP contribution in [0, 0.1) is 34.5 Å². The lowest BCUT2D eigenvalue weighted by atomic mass is 9.47. The normalized spacial score (nSPS) is 41.9. The molecule has 0 bridgehead atoms. The molecular formula is C28H35BrO2. The summed E-state index contributed by atoms with van der Waals surface area (Å²) in [6.07, 6.45) is 14.9. The van der Waals surface area contributed by atoms with Crippen LogP contribution in [0.4, 0.5) is 0 Å². The Bertz CT molecular complexity index is 915. The minimum absolute atomic E-state index is 0.137. The van der Waals surface area contributed by atoms with E-state index in [0.717, 1.165) is 48.1 Å². The molecule has 0 aromatic heterocycles. The smallest absolute Gasteiger partial charge is 0.159 e. The summed E-state index contributed by atoms with van der Waals surface area (Å²) in [5, 5.41) is 10.2. The van der Waals surface area contributed by atoms with E-state index >= 15 is 0 Å². The number of allylic oxidation sites excluding steroid dienone is 2. The van der Waals surface area contributed by atoms with Gasteiger partial charge < -0.3 is 5.11 Å². The van der Waals surface area contributed by atoms with Crippen molar-refractivity contribution in [2.24, 2.45) is 34.5 Å². The molecule has 4 aliphatic rings. The fourth-order valence-electron chi connectivity index (χ4n) is 7.98. The molecule has 0 aliphatic heterocycles. The first-order chi connectivity index (χ1) is 14.8. The van der Waals surface area contributed by atoms with Crippen LogP contribution in [0.2, 0.25) is 0 Å². The van der Waals surface area contributed by atoms with Crippen molar-refractivity contribution in [3.63, 3.8) is 0 Å². The summed E-state index contributed by atoms with van der Waals surface area (Å²) in [6.45, 7) is 4.89. The lowest BCUT2D eigenvalue weighted by molar-refractivity contribution is -0.124. The molecule has 3 fully saturated rings. The predicted molar refractivity (Wildman–Crippen MR) is 129 cm³/mol. The Hall–Kier alpha value is -1.19. The summed E-state index contributed by atoms with van der Waals surface area (Å²) >= 11 is 3.47. The van der Waals surface area contributed by atoms with Crippen molar-refractivity contribution in [2.45, 2.75) is 71.3 Å². The number of ketones is 1. The highest BCUT2D eigenvalue weighted by molar-refractivity contribution is 9.10. The van der Waals surface area contributed by atoms with Crippen molar-refractivity contribution < 1.29 is 9.90 Å². The second-order valence-electron chi connectivity index (χ2n) is 11.1. The maximum Gasteiger partial charge on any atom is 0.159 e. The first-order valence-electron chi connectivity index (χ1n) is 12.2. The zero-order chi connectivity index (χ0) is 21.8. The number of halogens is 1. The first kappa shape index (κ1) is 21.6. The summed E-state index contributed by atoms with van der Waals surface area (Å²) in [6, 6.07) is 8.14. The zero-order valence-corrected chi connectivity index (χ0v) is 20.4. The van der Waals surface area contributed by atoms with Gasteiger partial charge in [0.05, 0.1) is 6.10 Å². The molecule has 3 saturated carbocycles. The van der Waals surface area contributed by atoms with E-state index in [-0.39, 0.29) is 22.9 Å². The maximum atomic E-state index is 13.3. The highest BCUT2D eigenvalue weighted by Gasteiger charge is 2.59. The molecule has 1 N–H and O–H groups in total. The molecule has 0 amide bonds. The van der Waals surface area contributed by atoms with Gasteiger partial charge in [-0.15, -0.1) is 0 Å². The Labute approximate surface area is 195 Å². The van der Waals surface area contributed by atoms with Crippen LogP contribution in [0.15, 0.2) is 46.5 Å². The van der Waals surface area contributed by atoms with Crippen molar-refractivity contribution in [2.75, 3.05) is 0 Å². The van der Waals surface area contributed by atoms with Crippen LogP contribution in [0.3, 0.4) is 0 Å². The van der Waals surface area contributed by atoms with Gasteiger partial charge in [0.2, 0.25) is 0 Å². The number of carbonyl (C=O) groups excluding carboxylic acids is 1. The maximum absolute atomic E-state index is 13.3. The molecule has 1 aromatic carbocycles. The standard InChI is InChI=1S/C28H35BrO2/c1-27-15-13-21(30)17-19(27)6-9-22-23-10-11-25(28(23,2)16-14-24(22)27)26(31)12-5-18-3-7-20(29)8-4-18/h3-8,12,21-25,30H,9-11,13-17H2,1-2H3/b12-5+/t21-,22?,23?,24?,25?,27-,28-/m0/s1. The largest absolute Gasteiger partial charge is 0.393 e. The molecule has 3 heteroatoms. The fourth-order valence-corrected chi connectivity index (χ4v) is 8.24. The minimum Gasteiger partial charge on any atom is -0.393 e. The summed E-state index contributed by atoms with van der Waals surface area (Å²) in [5.41, 5.74) is 3.02. The molecule has 166 valence electrons. The van der Waals surface area contributed by atoms with Gasteiger partial charge in [-0.2, -0.15) is 0 Å². The van der Waals surface area contributed by atoms with Gasteiger partial charge in [-0.05, 0) is 104 Å². The summed E-state index contributed by atoms with van der Waals surface area (Å²) in [4.78, 5) is 13.3. The number of rotatable bonds is 3. The summed E-state index contributed by atoms with van der Waals surface area (Å²) in [5.74, 6) is 2.57. The molecule has 7 atom stereocenters. The Balaban J connectivity index is 1.35. The van der Waals surface area contributed by atoms with Crippen LogP contribution in [0.5, 0.6) is 0 Å². The molecule has 0 spiro atoms. The Morgan fingerprint density at radius 1 is 1.06 bits per heavy atom. The van der Waals surface area contributed by atoms with Crippen LogP contribution in [0.25, 0.3) is 6.08 Å². The van der Waals surface area contributed by atoms with Gasteiger partial charge in [-0.3, -0.25) is 4.79 Å². The predicted octanol–water partition coefficient (Wildman–Crippen LogP) is 6.97. The molecule has 1 aromatic rings. The molecule has 2 nitrogen and oxygen atoms in total. The fraction of sp³-hybridized carbons (Fsp3) is 0.607. The summed E-state index contributed by atoms with van der Waals surface area (Å²) in [7, 11) is 0. The monoisotopic (exact) mass is 482 g/mol. The number of fused-ring (bicyclic) bond motifs is 5. The third kappa shape index (κ3) is 3.60. The van der Waals surface area contributed by atoms with E-state index in [1.165, 1.54) is 24.8 Å². The zero-order valence-electron chi connectivity index (χ0n) is 18.8. The Kier molecular flexibility index (Phi) is 5.58. The third-order valence-corrected chi connectivity index (χ3v) is 10.3. The highest BCUT2D eigenvalue weighted by Crippen LogP contribution is 2.66. The number of hydrogen-bond donors (Lipinski definition) is 1. The quantitative estimate of drug-likeness (QED) is 0.372.